The summed E-state index contributed by atoms with van der Waals surface area (Å²) in [6.45, 7) is 2.72. The molecule has 0 N–H and O–H groups in total. The maximum atomic E-state index is 13.4. The maximum absolute atomic E-state index is 13.4. The van der Waals surface area contributed by atoms with E-state index < -0.39 is 10.0 Å². The van der Waals surface area contributed by atoms with Crippen LogP contribution >= 0.6 is 0 Å². The van der Waals surface area contributed by atoms with Gasteiger partial charge in [-0.3, -0.25) is 4.79 Å². The number of ether oxygens (including phenoxy) is 2. The Morgan fingerprint density at radius 2 is 1.73 bits per heavy atom. The smallest absolute Gasteiger partial charge is 0.258 e. The molecule has 0 aliphatic carbocycles. The largest absolute Gasteiger partial charge is 0.494 e. The standard InChI is InChI=1S/C31H31N3O5S/c1-32-29-13-12-25(40(36,37)34-15-18-38-19-16-34)21-27(29)28(31(32)35)20-23-22-33(30-11-6-5-10-26(23)30)14-7-17-39-24-8-3-2-4-9-24/h2-6,8-13,20-22H,7,14-19H2,1H3/b28-20-. The SMILES string of the molecule is CN1C(=O)/C(=C\c2cn(CCCOc3ccccc3)c3ccccc23)c2cc(S(=O)(=O)N3CCOCC3)ccc21. The lowest BCUT2D eigenvalue weighted by atomic mass is 10.0. The number of benzene rings is 3. The first kappa shape index (κ1) is 26.3. The molecule has 3 heterocycles. The predicted molar refractivity (Wildman–Crippen MR) is 156 cm³/mol. The number of hydrogen-bond donors (Lipinski definition) is 0. The molecule has 0 spiro atoms. The highest BCUT2D eigenvalue weighted by Crippen LogP contribution is 2.39. The quantitative estimate of drug-likeness (QED) is 0.233. The third-order valence-corrected chi connectivity index (χ3v) is 9.33. The molecule has 2 aliphatic rings. The molecule has 8 nitrogen and oxygen atoms in total. The number of fused-ring (bicyclic) bond motifs is 2. The minimum Gasteiger partial charge on any atom is -0.494 e. The Hall–Kier alpha value is -3.92. The van der Waals surface area contributed by atoms with Crippen LogP contribution in [0.2, 0.25) is 0 Å². The Bertz CT molecular complexity index is 1690. The number of nitrogens with zero attached hydrogens (tertiary/aromatic N) is 3. The fourth-order valence-corrected chi connectivity index (χ4v) is 6.77. The third kappa shape index (κ3) is 4.92. The summed E-state index contributed by atoms with van der Waals surface area (Å²) < 4.78 is 41.5. The zero-order valence-corrected chi connectivity index (χ0v) is 23.1. The fourth-order valence-electron chi connectivity index (χ4n) is 5.34. The lowest BCUT2D eigenvalue weighted by molar-refractivity contribution is -0.112. The molecule has 0 radical (unpaired) electrons. The highest BCUT2D eigenvalue weighted by Gasteiger charge is 2.33. The molecular formula is C31H31N3O5S. The molecule has 1 amide bonds. The summed E-state index contributed by atoms with van der Waals surface area (Å²) >= 11 is 0. The molecule has 6 rings (SSSR count). The monoisotopic (exact) mass is 557 g/mol. The Kier molecular flexibility index (Phi) is 7.18. The number of carbonyl (C=O) groups is 1. The van der Waals surface area contributed by atoms with Crippen LogP contribution in [0.4, 0.5) is 5.69 Å². The zero-order valence-electron chi connectivity index (χ0n) is 22.3. The number of aryl methyl sites for hydroxylation is 1. The van der Waals surface area contributed by atoms with Gasteiger partial charge in [0.15, 0.2) is 0 Å². The van der Waals surface area contributed by atoms with Crippen LogP contribution in [0.25, 0.3) is 22.6 Å². The average Bonchev–Trinajstić information content (AvgIpc) is 3.46. The Morgan fingerprint density at radius 1 is 0.975 bits per heavy atom. The number of amides is 1. The predicted octanol–water partition coefficient (Wildman–Crippen LogP) is 4.65. The van der Waals surface area contributed by atoms with Gasteiger partial charge in [-0.25, -0.2) is 8.42 Å². The molecule has 1 fully saturated rings. The lowest BCUT2D eigenvalue weighted by Gasteiger charge is -2.26. The summed E-state index contributed by atoms with van der Waals surface area (Å²) in [5.41, 5.74) is 3.77. The van der Waals surface area contributed by atoms with Gasteiger partial charge in [-0.2, -0.15) is 4.31 Å². The van der Waals surface area contributed by atoms with Crippen LogP contribution in [0.15, 0.2) is 83.9 Å². The second-order valence-electron chi connectivity index (χ2n) is 9.93. The van der Waals surface area contributed by atoms with E-state index in [0.29, 0.717) is 49.7 Å². The number of anilines is 1. The van der Waals surface area contributed by atoms with Gasteiger partial charge in [0.1, 0.15) is 5.75 Å². The van der Waals surface area contributed by atoms with E-state index in [1.54, 1.807) is 30.1 Å². The van der Waals surface area contributed by atoms with Crippen molar-refractivity contribution in [2.45, 2.75) is 17.9 Å². The highest BCUT2D eigenvalue weighted by molar-refractivity contribution is 7.89. The van der Waals surface area contributed by atoms with E-state index in [9.17, 15) is 13.2 Å². The van der Waals surface area contributed by atoms with Gasteiger partial charge >= 0.3 is 0 Å². The first-order valence-corrected chi connectivity index (χ1v) is 14.9. The molecule has 3 aromatic carbocycles. The highest BCUT2D eigenvalue weighted by atomic mass is 32.2. The van der Waals surface area contributed by atoms with Crippen LogP contribution in [0.1, 0.15) is 17.5 Å². The maximum Gasteiger partial charge on any atom is 0.258 e. The number of sulfonamides is 1. The summed E-state index contributed by atoms with van der Waals surface area (Å²) in [6, 6.07) is 22.8. The van der Waals surface area contributed by atoms with Gasteiger partial charge in [0, 0.05) is 60.5 Å². The van der Waals surface area contributed by atoms with E-state index in [-0.39, 0.29) is 10.8 Å². The van der Waals surface area contributed by atoms with Crippen LogP contribution in [-0.4, -0.2) is 63.2 Å². The summed E-state index contributed by atoms with van der Waals surface area (Å²) in [5, 5.41) is 1.03. The van der Waals surface area contributed by atoms with Crippen molar-refractivity contribution in [3.05, 3.63) is 90.1 Å². The van der Waals surface area contributed by atoms with E-state index in [1.807, 2.05) is 54.6 Å². The number of rotatable bonds is 8. The molecule has 4 aromatic rings. The first-order chi connectivity index (χ1) is 19.4. The van der Waals surface area contributed by atoms with Crippen molar-refractivity contribution in [3.63, 3.8) is 0 Å². The van der Waals surface area contributed by atoms with E-state index in [1.165, 1.54) is 4.31 Å². The number of aromatic nitrogens is 1. The van der Waals surface area contributed by atoms with Gasteiger partial charge in [0.05, 0.1) is 30.4 Å². The van der Waals surface area contributed by atoms with Gasteiger partial charge in [-0.1, -0.05) is 36.4 Å². The molecule has 2 aliphatic heterocycles. The minimum absolute atomic E-state index is 0.163. The van der Waals surface area contributed by atoms with Crippen molar-refractivity contribution >= 4 is 44.2 Å². The van der Waals surface area contributed by atoms with Gasteiger partial charge in [-0.15, -0.1) is 0 Å². The van der Waals surface area contributed by atoms with Crippen LogP contribution in [0.3, 0.4) is 0 Å². The Labute approximate surface area is 234 Å². The molecule has 0 unspecified atom stereocenters. The topological polar surface area (TPSA) is 81.1 Å². The number of hydrogen-bond acceptors (Lipinski definition) is 5. The van der Waals surface area contributed by atoms with Gasteiger partial charge < -0.3 is 18.9 Å². The van der Waals surface area contributed by atoms with Crippen molar-refractivity contribution in [3.8, 4) is 5.75 Å². The molecule has 0 saturated carbocycles. The van der Waals surface area contributed by atoms with Crippen LogP contribution in [0.5, 0.6) is 5.75 Å². The van der Waals surface area contributed by atoms with Crippen molar-refractivity contribution in [2.24, 2.45) is 0 Å². The van der Waals surface area contributed by atoms with Gasteiger partial charge in [0.25, 0.3) is 5.91 Å². The molecule has 1 aromatic heterocycles. The number of para-hydroxylation sites is 2. The van der Waals surface area contributed by atoms with E-state index in [0.717, 1.165) is 35.2 Å². The lowest BCUT2D eigenvalue weighted by Crippen LogP contribution is -2.40. The van der Waals surface area contributed by atoms with E-state index in [4.69, 9.17) is 9.47 Å². The second kappa shape index (κ2) is 10.9. The summed E-state index contributed by atoms with van der Waals surface area (Å²) in [4.78, 5) is 15.1. The van der Waals surface area contributed by atoms with Crippen molar-refractivity contribution < 1.29 is 22.7 Å². The molecule has 9 heteroatoms. The van der Waals surface area contributed by atoms with E-state index in [2.05, 4.69) is 16.8 Å². The first-order valence-electron chi connectivity index (χ1n) is 13.4. The summed E-state index contributed by atoms with van der Waals surface area (Å²) in [7, 11) is -1.98. The zero-order chi connectivity index (χ0) is 27.7. The van der Waals surface area contributed by atoms with Crippen LogP contribution in [-0.2, 0) is 26.1 Å². The van der Waals surface area contributed by atoms with Crippen molar-refractivity contribution in [1.82, 2.24) is 8.87 Å². The van der Waals surface area contributed by atoms with Crippen LogP contribution < -0.4 is 9.64 Å². The molecule has 0 bridgehead atoms. The average molecular weight is 558 g/mol. The molecule has 0 atom stereocenters. The van der Waals surface area contributed by atoms with Gasteiger partial charge in [0.2, 0.25) is 10.0 Å². The third-order valence-electron chi connectivity index (χ3n) is 7.44. The normalized spacial score (nSPS) is 17.1. The molecular weight excluding hydrogens is 526 g/mol. The van der Waals surface area contributed by atoms with Crippen molar-refractivity contribution in [1.29, 1.82) is 0 Å². The molecule has 1 saturated heterocycles. The molecule has 206 valence electrons. The van der Waals surface area contributed by atoms with Crippen LogP contribution in [0, 0.1) is 0 Å². The second-order valence-corrected chi connectivity index (χ2v) is 11.9. The fraction of sp³-hybridized carbons (Fsp3) is 0.258. The number of likely N-dealkylation sites (N-methyl/N-ethyl adjacent to an activating group) is 1. The molecule has 40 heavy (non-hydrogen) atoms. The summed E-state index contributed by atoms with van der Waals surface area (Å²) in [6.07, 6.45) is 4.76. The van der Waals surface area contributed by atoms with Crippen molar-refractivity contribution in [2.75, 3.05) is 44.9 Å². The number of carbonyl (C=O) groups excluding carboxylic acids is 1. The van der Waals surface area contributed by atoms with Gasteiger partial charge in [-0.05, 0) is 48.9 Å². The van der Waals surface area contributed by atoms with E-state index >= 15 is 0 Å². The summed E-state index contributed by atoms with van der Waals surface area (Å²) in [5.74, 6) is 0.687. The Balaban J connectivity index is 1.31. The number of morpholine rings is 1. The minimum atomic E-state index is -3.70. The Morgan fingerprint density at radius 3 is 2.52 bits per heavy atom.